The number of hydrogen-bond acceptors (Lipinski definition) is 4. The Kier molecular flexibility index (Phi) is 7.33. The molecule has 8 aromatic carbocycles. The summed E-state index contributed by atoms with van der Waals surface area (Å²) in [5.74, 6) is 0.532. The van der Waals surface area contributed by atoms with Crippen LogP contribution >= 0.6 is 23.1 Å². The molecule has 0 bridgehead atoms. The molecular weight excluding hydrogens is 717 g/mol. The highest BCUT2D eigenvalue weighted by molar-refractivity contribution is 8.00. The van der Waals surface area contributed by atoms with Gasteiger partial charge in [0.25, 0.3) is 0 Å². The van der Waals surface area contributed by atoms with Crippen LogP contribution in [0, 0.1) is 0 Å². The quantitative estimate of drug-likeness (QED) is 0.167. The van der Waals surface area contributed by atoms with Crippen molar-refractivity contribution in [3.05, 3.63) is 211 Å². The van der Waals surface area contributed by atoms with Crippen LogP contribution in [0.5, 0.6) is 0 Å². The summed E-state index contributed by atoms with van der Waals surface area (Å²) in [6.07, 6.45) is 0. The fraction of sp³-hybridized carbons (Fsp3) is 0.0769. The van der Waals surface area contributed by atoms with Crippen LogP contribution in [-0.4, -0.2) is 5.25 Å². The van der Waals surface area contributed by atoms with E-state index < -0.39 is 0 Å². The zero-order valence-electron chi connectivity index (χ0n) is 30.5. The Morgan fingerprint density at radius 2 is 0.964 bits per heavy atom. The van der Waals surface area contributed by atoms with Crippen LogP contribution in [0.1, 0.15) is 34.7 Å². The molecule has 9 aromatic rings. The zero-order chi connectivity index (χ0) is 36.7. The summed E-state index contributed by atoms with van der Waals surface area (Å²) >= 11 is 3.95. The van der Waals surface area contributed by atoms with E-state index in [9.17, 15) is 0 Å². The van der Waals surface area contributed by atoms with E-state index in [2.05, 4.69) is 216 Å². The molecule has 4 unspecified atom stereocenters. The lowest BCUT2D eigenvalue weighted by molar-refractivity contribution is 0.545. The van der Waals surface area contributed by atoms with Crippen molar-refractivity contribution in [1.82, 2.24) is 0 Å². The molecule has 1 aliphatic carbocycles. The summed E-state index contributed by atoms with van der Waals surface area (Å²) in [4.78, 5) is 6.60. The second-order valence-corrected chi connectivity index (χ2v) is 17.5. The van der Waals surface area contributed by atoms with Gasteiger partial charge in [0.2, 0.25) is 0 Å². The molecule has 2 nitrogen and oxygen atoms in total. The maximum atomic E-state index is 2.74. The molecular formula is C52H36N2S2. The van der Waals surface area contributed by atoms with Crippen LogP contribution in [0.15, 0.2) is 199 Å². The lowest BCUT2D eigenvalue weighted by Crippen LogP contribution is -2.33. The minimum Gasteiger partial charge on any atom is -0.356 e. The molecule has 12 rings (SSSR count). The standard InChI is InChI=1S/C52H36N2S2/c1-2-10-33(11-3-1)34-18-20-35(21-19-34)36-22-24-37(25-23-36)53(40-30-31-48-45(32-40)41-12-6-8-16-46(41)55-48)38-26-28-39(29-27-38)54-50-43-14-5-4-13-42(43)49(50)52-51(54)44-15-7-9-17-47(44)56-52/h1-32,49-52H. The van der Waals surface area contributed by atoms with Gasteiger partial charge in [0.05, 0.1) is 12.1 Å². The summed E-state index contributed by atoms with van der Waals surface area (Å²) in [6.45, 7) is 0. The maximum Gasteiger partial charge on any atom is 0.0689 e. The SMILES string of the molecule is c1ccc(-c2ccc(-c3ccc(N(c4ccc(N5C6c7ccccc7SC6C6c7ccccc7C65)cc4)c4ccc5sc6ccccc6c5c4)cc3)cc2)cc1. The molecule has 0 amide bonds. The average molecular weight is 753 g/mol. The van der Waals surface area contributed by atoms with E-state index in [1.807, 2.05) is 11.3 Å². The fourth-order valence-electron chi connectivity index (χ4n) is 9.69. The molecule has 0 radical (unpaired) electrons. The third-order valence-corrected chi connectivity index (χ3v) is 14.9. The van der Waals surface area contributed by atoms with Crippen LogP contribution in [0.4, 0.5) is 22.7 Å². The van der Waals surface area contributed by atoms with E-state index >= 15 is 0 Å². The van der Waals surface area contributed by atoms with Crippen molar-refractivity contribution in [2.75, 3.05) is 9.80 Å². The number of nitrogens with zero attached hydrogens (tertiary/aromatic N) is 2. The summed E-state index contributed by atoms with van der Waals surface area (Å²) < 4.78 is 2.64. The second kappa shape index (κ2) is 12.7. The molecule has 4 heteroatoms. The van der Waals surface area contributed by atoms with Crippen molar-refractivity contribution in [3.63, 3.8) is 0 Å². The normalized spacial score (nSPS) is 19.0. The lowest BCUT2D eigenvalue weighted by atomic mass is 9.73. The average Bonchev–Trinajstić information content (AvgIpc) is 3.90. The second-order valence-electron chi connectivity index (χ2n) is 15.2. The number of hydrogen-bond donors (Lipinski definition) is 0. The molecule has 3 aliphatic rings. The van der Waals surface area contributed by atoms with Gasteiger partial charge < -0.3 is 9.80 Å². The molecule has 0 N–H and O–H groups in total. The van der Waals surface area contributed by atoms with E-state index in [0.29, 0.717) is 23.3 Å². The topological polar surface area (TPSA) is 6.48 Å². The molecule has 4 atom stereocenters. The monoisotopic (exact) mass is 752 g/mol. The van der Waals surface area contributed by atoms with Gasteiger partial charge in [-0.1, -0.05) is 127 Å². The Balaban J connectivity index is 0.938. The molecule has 266 valence electrons. The highest BCUT2D eigenvalue weighted by Gasteiger charge is 2.59. The molecule has 0 saturated carbocycles. The van der Waals surface area contributed by atoms with Gasteiger partial charge in [0.15, 0.2) is 0 Å². The molecule has 2 aliphatic heterocycles. The Morgan fingerprint density at radius 1 is 0.411 bits per heavy atom. The summed E-state index contributed by atoms with van der Waals surface area (Å²) in [5.41, 5.74) is 14.1. The van der Waals surface area contributed by atoms with Crippen LogP contribution in [0.25, 0.3) is 42.4 Å². The molecule has 3 heterocycles. The summed E-state index contributed by atoms with van der Waals surface area (Å²) in [6, 6.07) is 72.7. The molecule has 1 aromatic heterocycles. The van der Waals surface area contributed by atoms with Gasteiger partial charge in [0, 0.05) is 59.0 Å². The zero-order valence-corrected chi connectivity index (χ0v) is 32.1. The Hall–Kier alpha value is -6.07. The Labute approximate surface area is 335 Å². The Morgan fingerprint density at radius 3 is 1.71 bits per heavy atom. The minimum atomic E-state index is 0.351. The van der Waals surface area contributed by atoms with E-state index in [4.69, 9.17) is 0 Å². The van der Waals surface area contributed by atoms with Crippen molar-refractivity contribution in [3.8, 4) is 22.3 Å². The third kappa shape index (κ3) is 4.96. The van der Waals surface area contributed by atoms with Gasteiger partial charge in [-0.3, -0.25) is 0 Å². The van der Waals surface area contributed by atoms with Gasteiger partial charge >= 0.3 is 0 Å². The minimum absolute atomic E-state index is 0.351. The van der Waals surface area contributed by atoms with Gasteiger partial charge in [-0.05, 0) is 106 Å². The predicted octanol–water partition coefficient (Wildman–Crippen LogP) is 14.7. The maximum absolute atomic E-state index is 2.74. The number of fused-ring (bicyclic) bond motifs is 11. The predicted molar refractivity (Wildman–Crippen MR) is 238 cm³/mol. The van der Waals surface area contributed by atoms with Crippen LogP contribution < -0.4 is 9.80 Å². The number of anilines is 4. The van der Waals surface area contributed by atoms with Crippen molar-refractivity contribution in [2.45, 2.75) is 28.1 Å². The van der Waals surface area contributed by atoms with Crippen molar-refractivity contribution < 1.29 is 0 Å². The number of thiophene rings is 1. The molecule has 56 heavy (non-hydrogen) atoms. The lowest BCUT2D eigenvalue weighted by Gasteiger charge is -2.42. The van der Waals surface area contributed by atoms with Crippen LogP contribution in [-0.2, 0) is 0 Å². The summed E-state index contributed by atoms with van der Waals surface area (Å²) in [7, 11) is 0. The largest absolute Gasteiger partial charge is 0.356 e. The van der Waals surface area contributed by atoms with E-state index in [0.717, 1.165) is 17.1 Å². The van der Waals surface area contributed by atoms with E-state index in [-0.39, 0.29) is 0 Å². The number of benzene rings is 8. The summed E-state index contributed by atoms with van der Waals surface area (Å²) in [5, 5.41) is 3.13. The van der Waals surface area contributed by atoms with Crippen molar-refractivity contribution in [2.24, 2.45) is 0 Å². The molecule has 1 saturated heterocycles. The highest BCUT2D eigenvalue weighted by atomic mass is 32.2. The molecule has 1 fully saturated rings. The molecule has 0 spiro atoms. The first-order valence-corrected chi connectivity index (χ1v) is 21.2. The first-order valence-electron chi connectivity index (χ1n) is 19.5. The third-order valence-electron chi connectivity index (χ3n) is 12.3. The highest BCUT2D eigenvalue weighted by Crippen LogP contribution is 2.69. The van der Waals surface area contributed by atoms with Gasteiger partial charge in [-0.15, -0.1) is 23.1 Å². The smallest absolute Gasteiger partial charge is 0.0689 e. The van der Waals surface area contributed by atoms with Crippen molar-refractivity contribution >= 4 is 66.0 Å². The first kappa shape index (κ1) is 32.2. The van der Waals surface area contributed by atoms with Crippen LogP contribution in [0.2, 0.25) is 0 Å². The van der Waals surface area contributed by atoms with Crippen LogP contribution in [0.3, 0.4) is 0 Å². The van der Waals surface area contributed by atoms with Gasteiger partial charge in [0.1, 0.15) is 0 Å². The van der Waals surface area contributed by atoms with E-state index in [1.165, 1.54) is 69.7 Å². The number of thioether (sulfide) groups is 1. The van der Waals surface area contributed by atoms with E-state index in [1.54, 1.807) is 0 Å². The Bertz CT molecular complexity index is 2920. The fourth-order valence-corrected chi connectivity index (χ4v) is 12.4. The van der Waals surface area contributed by atoms with Gasteiger partial charge in [-0.25, -0.2) is 0 Å². The first-order chi connectivity index (χ1) is 27.8. The van der Waals surface area contributed by atoms with Gasteiger partial charge in [-0.2, -0.15) is 0 Å². The number of rotatable bonds is 6. The van der Waals surface area contributed by atoms with Crippen molar-refractivity contribution in [1.29, 1.82) is 0 Å².